The summed E-state index contributed by atoms with van der Waals surface area (Å²) in [7, 11) is -3.61. The van der Waals surface area contributed by atoms with Crippen LogP contribution in [0.4, 0.5) is 10.1 Å². The molecule has 0 spiro atoms. The molecule has 27 heavy (non-hydrogen) atoms. The van der Waals surface area contributed by atoms with Crippen molar-refractivity contribution >= 4 is 21.6 Å². The minimum absolute atomic E-state index is 0.273. The van der Waals surface area contributed by atoms with Gasteiger partial charge in [-0.25, -0.2) is 22.6 Å². The number of nitrogens with zero attached hydrogens (tertiary/aromatic N) is 2. The number of aromatic nitrogens is 2. The molecule has 0 aliphatic carbocycles. The van der Waals surface area contributed by atoms with Crippen LogP contribution in [0.25, 0.3) is 5.69 Å². The van der Waals surface area contributed by atoms with E-state index in [2.05, 4.69) is 10.4 Å². The number of rotatable bonds is 5. The molecule has 0 aliphatic heterocycles. The SMILES string of the molecule is Cc1c(C(=O)Nc2ccc(CS(N)(=O)=O)cc2)cnn1-c1ccc(F)cc1. The van der Waals surface area contributed by atoms with Gasteiger partial charge < -0.3 is 5.32 Å². The normalized spacial score (nSPS) is 11.4. The molecule has 3 rings (SSSR count). The van der Waals surface area contributed by atoms with Crippen molar-refractivity contribution in [3.8, 4) is 5.69 Å². The summed E-state index contributed by atoms with van der Waals surface area (Å²) >= 11 is 0. The second-order valence-electron chi connectivity index (χ2n) is 5.99. The van der Waals surface area contributed by atoms with E-state index < -0.39 is 10.0 Å². The predicted octanol–water partition coefficient (Wildman–Crippen LogP) is 2.36. The Balaban J connectivity index is 1.76. The van der Waals surface area contributed by atoms with E-state index in [-0.39, 0.29) is 17.5 Å². The summed E-state index contributed by atoms with van der Waals surface area (Å²) in [6.07, 6.45) is 1.43. The van der Waals surface area contributed by atoms with E-state index in [1.54, 1.807) is 48.0 Å². The van der Waals surface area contributed by atoms with Gasteiger partial charge in [-0.2, -0.15) is 5.10 Å². The number of primary sulfonamides is 1. The Morgan fingerprint density at radius 3 is 2.37 bits per heavy atom. The fraction of sp³-hybridized carbons (Fsp3) is 0.111. The van der Waals surface area contributed by atoms with Crippen molar-refractivity contribution in [3.05, 3.63) is 77.4 Å². The lowest BCUT2D eigenvalue weighted by Crippen LogP contribution is -2.15. The van der Waals surface area contributed by atoms with Crippen molar-refractivity contribution in [3.63, 3.8) is 0 Å². The van der Waals surface area contributed by atoms with Crippen LogP contribution in [-0.4, -0.2) is 24.1 Å². The zero-order valence-electron chi connectivity index (χ0n) is 14.4. The molecule has 9 heteroatoms. The lowest BCUT2D eigenvalue weighted by Gasteiger charge is -2.07. The van der Waals surface area contributed by atoms with E-state index in [0.29, 0.717) is 28.2 Å². The molecule has 0 radical (unpaired) electrons. The smallest absolute Gasteiger partial charge is 0.259 e. The van der Waals surface area contributed by atoms with Gasteiger partial charge in [0.2, 0.25) is 10.0 Å². The number of anilines is 1. The molecule has 0 bridgehead atoms. The Morgan fingerprint density at radius 2 is 1.78 bits per heavy atom. The summed E-state index contributed by atoms with van der Waals surface area (Å²) in [4.78, 5) is 12.5. The first kappa shape index (κ1) is 18.7. The molecule has 0 saturated heterocycles. The largest absolute Gasteiger partial charge is 0.322 e. The van der Waals surface area contributed by atoms with Crippen molar-refractivity contribution < 1.29 is 17.6 Å². The summed E-state index contributed by atoms with van der Waals surface area (Å²) in [5.41, 5.74) is 2.64. The monoisotopic (exact) mass is 388 g/mol. The molecule has 0 atom stereocenters. The number of sulfonamides is 1. The zero-order valence-corrected chi connectivity index (χ0v) is 15.2. The van der Waals surface area contributed by atoms with Gasteiger partial charge in [0.05, 0.1) is 28.9 Å². The number of carbonyl (C=O) groups excluding carboxylic acids is 1. The fourth-order valence-electron chi connectivity index (χ4n) is 2.59. The summed E-state index contributed by atoms with van der Waals surface area (Å²) in [5, 5.41) is 11.9. The maximum absolute atomic E-state index is 13.1. The van der Waals surface area contributed by atoms with Crippen molar-refractivity contribution in [1.82, 2.24) is 9.78 Å². The first-order valence-electron chi connectivity index (χ1n) is 7.94. The summed E-state index contributed by atoms with van der Waals surface area (Å²) in [6.45, 7) is 1.74. The van der Waals surface area contributed by atoms with Crippen LogP contribution in [0, 0.1) is 12.7 Å². The summed E-state index contributed by atoms with van der Waals surface area (Å²) < 4.78 is 36.8. The molecular formula is C18H17FN4O3S. The first-order chi connectivity index (χ1) is 12.7. The fourth-order valence-corrected chi connectivity index (χ4v) is 3.25. The lowest BCUT2D eigenvalue weighted by atomic mass is 10.2. The van der Waals surface area contributed by atoms with Gasteiger partial charge in [0.15, 0.2) is 0 Å². The van der Waals surface area contributed by atoms with E-state index in [1.807, 2.05) is 0 Å². The van der Waals surface area contributed by atoms with Crippen LogP contribution < -0.4 is 10.5 Å². The Bertz CT molecular complexity index is 1070. The summed E-state index contributed by atoms with van der Waals surface area (Å²) in [6, 6.07) is 12.1. The number of nitrogens with two attached hydrogens (primary N) is 1. The van der Waals surface area contributed by atoms with Gasteiger partial charge in [0.1, 0.15) is 5.82 Å². The van der Waals surface area contributed by atoms with Crippen molar-refractivity contribution in [2.45, 2.75) is 12.7 Å². The van der Waals surface area contributed by atoms with E-state index in [4.69, 9.17) is 5.14 Å². The van der Waals surface area contributed by atoms with Crippen LogP contribution in [0.5, 0.6) is 0 Å². The van der Waals surface area contributed by atoms with Gasteiger partial charge in [-0.05, 0) is 48.9 Å². The minimum atomic E-state index is -3.61. The van der Waals surface area contributed by atoms with Gasteiger partial charge in [0.25, 0.3) is 5.91 Å². The highest BCUT2D eigenvalue weighted by Gasteiger charge is 2.15. The van der Waals surface area contributed by atoms with Crippen molar-refractivity contribution in [2.24, 2.45) is 5.14 Å². The molecule has 3 N–H and O–H groups in total. The molecule has 140 valence electrons. The molecule has 0 saturated carbocycles. The van der Waals surface area contributed by atoms with E-state index in [0.717, 1.165) is 0 Å². The maximum Gasteiger partial charge on any atom is 0.259 e. The van der Waals surface area contributed by atoms with Crippen LogP contribution in [-0.2, 0) is 15.8 Å². The zero-order chi connectivity index (χ0) is 19.6. The standard InChI is InChI=1S/C18H17FN4O3S/c1-12-17(10-21-23(12)16-8-4-14(19)5-9-16)18(24)22-15-6-2-13(3-7-15)11-27(20,25)26/h2-10H,11H2,1H3,(H,22,24)(H2,20,25,26). The number of hydrogen-bond acceptors (Lipinski definition) is 4. The predicted molar refractivity (Wildman–Crippen MR) is 99.5 cm³/mol. The molecule has 0 unspecified atom stereocenters. The number of carbonyl (C=O) groups is 1. The van der Waals surface area contributed by atoms with Crippen LogP contribution in [0.3, 0.4) is 0 Å². The molecule has 7 nitrogen and oxygen atoms in total. The van der Waals surface area contributed by atoms with Gasteiger partial charge in [-0.1, -0.05) is 12.1 Å². The first-order valence-corrected chi connectivity index (χ1v) is 9.66. The average molecular weight is 388 g/mol. The second kappa shape index (κ2) is 7.29. The number of halogens is 1. The second-order valence-corrected chi connectivity index (χ2v) is 7.60. The number of hydrogen-bond donors (Lipinski definition) is 2. The summed E-state index contributed by atoms with van der Waals surface area (Å²) in [5.74, 6) is -0.988. The van der Waals surface area contributed by atoms with Gasteiger partial charge in [-0.3, -0.25) is 4.79 Å². The highest BCUT2D eigenvalue weighted by atomic mass is 32.2. The van der Waals surface area contributed by atoms with Gasteiger partial charge in [-0.15, -0.1) is 0 Å². The van der Waals surface area contributed by atoms with E-state index >= 15 is 0 Å². The molecule has 1 amide bonds. The number of benzene rings is 2. The Hall–Kier alpha value is -3.04. The Morgan fingerprint density at radius 1 is 1.15 bits per heavy atom. The third-order valence-corrected chi connectivity index (χ3v) is 4.64. The molecule has 2 aromatic carbocycles. The van der Waals surface area contributed by atoms with Crippen LogP contribution in [0.2, 0.25) is 0 Å². The van der Waals surface area contributed by atoms with Crippen LogP contribution >= 0.6 is 0 Å². The van der Waals surface area contributed by atoms with Crippen molar-refractivity contribution in [1.29, 1.82) is 0 Å². The number of nitrogens with one attached hydrogen (secondary N) is 1. The molecule has 1 aromatic heterocycles. The molecule has 1 heterocycles. The highest BCUT2D eigenvalue weighted by molar-refractivity contribution is 7.88. The quantitative estimate of drug-likeness (QED) is 0.699. The topological polar surface area (TPSA) is 107 Å². The van der Waals surface area contributed by atoms with Gasteiger partial charge >= 0.3 is 0 Å². The average Bonchev–Trinajstić information content (AvgIpc) is 2.98. The Kier molecular flexibility index (Phi) is 5.06. The maximum atomic E-state index is 13.1. The molecule has 0 aliphatic rings. The highest BCUT2D eigenvalue weighted by Crippen LogP contribution is 2.17. The van der Waals surface area contributed by atoms with Crippen LogP contribution in [0.15, 0.2) is 54.7 Å². The number of amides is 1. The van der Waals surface area contributed by atoms with Gasteiger partial charge in [0, 0.05) is 5.69 Å². The van der Waals surface area contributed by atoms with E-state index in [9.17, 15) is 17.6 Å². The third kappa shape index (κ3) is 4.57. The third-order valence-electron chi connectivity index (χ3n) is 3.91. The molecule has 0 fully saturated rings. The van der Waals surface area contributed by atoms with Crippen LogP contribution in [0.1, 0.15) is 21.6 Å². The lowest BCUT2D eigenvalue weighted by molar-refractivity contribution is 0.102. The molecule has 3 aromatic rings. The molecular weight excluding hydrogens is 371 g/mol. The van der Waals surface area contributed by atoms with Crippen molar-refractivity contribution in [2.75, 3.05) is 5.32 Å². The Labute approximate surface area is 155 Å². The van der Waals surface area contributed by atoms with E-state index in [1.165, 1.54) is 18.3 Å². The minimum Gasteiger partial charge on any atom is -0.322 e.